The van der Waals surface area contributed by atoms with Gasteiger partial charge >= 0.3 is 0 Å². The third-order valence-electron chi connectivity index (χ3n) is 2.39. The molecule has 3 nitrogen and oxygen atoms in total. The second-order valence-corrected chi connectivity index (χ2v) is 6.14. The minimum Gasteiger partial charge on any atom is -0.305 e. The normalized spacial score (nSPS) is 22.4. The topological polar surface area (TPSA) is 46.2 Å². The van der Waals surface area contributed by atoms with Crippen LogP contribution >= 0.6 is 11.6 Å². The van der Waals surface area contributed by atoms with Crippen LogP contribution in [0.3, 0.4) is 0 Å². The molecule has 0 fully saturated rings. The lowest BCUT2D eigenvalue weighted by atomic mass is 10.2. The Labute approximate surface area is 100 Å². The van der Waals surface area contributed by atoms with Crippen LogP contribution in [0.5, 0.6) is 0 Å². The molecule has 16 heavy (non-hydrogen) atoms. The molecular weight excluding hydrogens is 246 g/mol. The summed E-state index contributed by atoms with van der Waals surface area (Å²) in [6, 6.07) is 7.41. The molecule has 1 atom stereocenters. The third-order valence-corrected chi connectivity index (χ3v) is 4.02. The Morgan fingerprint density at radius 2 is 2.25 bits per heavy atom. The van der Waals surface area contributed by atoms with Gasteiger partial charge in [0.1, 0.15) is 0 Å². The molecule has 1 aliphatic rings. The summed E-state index contributed by atoms with van der Waals surface area (Å²) >= 11 is 5.85. The van der Waals surface area contributed by atoms with Crippen molar-refractivity contribution in [2.45, 2.75) is 12.6 Å². The number of sulfone groups is 1. The van der Waals surface area contributed by atoms with Crippen molar-refractivity contribution < 1.29 is 8.42 Å². The molecule has 0 saturated heterocycles. The Morgan fingerprint density at radius 3 is 2.88 bits per heavy atom. The van der Waals surface area contributed by atoms with Gasteiger partial charge in [0, 0.05) is 23.0 Å². The van der Waals surface area contributed by atoms with E-state index in [1.165, 1.54) is 5.41 Å². The fourth-order valence-electron chi connectivity index (χ4n) is 1.60. The van der Waals surface area contributed by atoms with Crippen LogP contribution in [0.1, 0.15) is 5.56 Å². The number of benzene rings is 1. The summed E-state index contributed by atoms with van der Waals surface area (Å²) in [6.45, 7) is 0.616. The zero-order valence-corrected chi connectivity index (χ0v) is 10.1. The Hall–Kier alpha value is -0.840. The van der Waals surface area contributed by atoms with E-state index in [9.17, 15) is 8.42 Å². The van der Waals surface area contributed by atoms with Crippen molar-refractivity contribution in [2.24, 2.45) is 0 Å². The van der Waals surface area contributed by atoms with Crippen LogP contribution in [0.2, 0.25) is 5.02 Å². The molecule has 0 aromatic heterocycles. The van der Waals surface area contributed by atoms with Crippen LogP contribution in [-0.2, 0) is 16.4 Å². The first-order valence-electron chi connectivity index (χ1n) is 4.94. The molecule has 1 aliphatic heterocycles. The van der Waals surface area contributed by atoms with Crippen molar-refractivity contribution in [2.75, 3.05) is 5.75 Å². The van der Waals surface area contributed by atoms with Gasteiger partial charge in [-0.2, -0.15) is 0 Å². The zero-order valence-electron chi connectivity index (χ0n) is 8.56. The van der Waals surface area contributed by atoms with E-state index in [2.05, 4.69) is 5.32 Å². The maximum atomic E-state index is 11.2. The van der Waals surface area contributed by atoms with E-state index < -0.39 is 9.84 Å². The van der Waals surface area contributed by atoms with Crippen LogP contribution in [0.15, 0.2) is 35.7 Å². The molecule has 5 heteroatoms. The molecule has 0 bridgehead atoms. The molecule has 1 N–H and O–H groups in total. The smallest absolute Gasteiger partial charge is 0.173 e. The highest BCUT2D eigenvalue weighted by Gasteiger charge is 2.20. The molecule has 0 aliphatic carbocycles. The minimum atomic E-state index is -2.98. The number of nitrogens with one attached hydrogen (secondary N) is 1. The zero-order chi connectivity index (χ0) is 11.6. The van der Waals surface area contributed by atoms with Crippen LogP contribution in [-0.4, -0.2) is 20.2 Å². The average molecular weight is 258 g/mol. The highest BCUT2D eigenvalue weighted by molar-refractivity contribution is 7.94. The first-order valence-corrected chi connectivity index (χ1v) is 7.03. The number of hydrogen-bond acceptors (Lipinski definition) is 3. The summed E-state index contributed by atoms with van der Waals surface area (Å²) in [6.07, 6.45) is 1.68. The molecule has 1 aromatic rings. The fourth-order valence-corrected chi connectivity index (χ4v) is 3.08. The fraction of sp³-hybridized carbons (Fsp3) is 0.273. The summed E-state index contributed by atoms with van der Waals surface area (Å²) in [7, 11) is -2.98. The van der Waals surface area contributed by atoms with Crippen LogP contribution in [0.4, 0.5) is 0 Å². The van der Waals surface area contributed by atoms with Gasteiger partial charge in [0.05, 0.1) is 5.75 Å². The molecule has 1 aromatic carbocycles. The Morgan fingerprint density at radius 1 is 1.44 bits per heavy atom. The predicted molar refractivity (Wildman–Crippen MR) is 65.0 cm³/mol. The van der Waals surface area contributed by atoms with Gasteiger partial charge in [-0.1, -0.05) is 29.8 Å². The summed E-state index contributed by atoms with van der Waals surface area (Å²) in [5.41, 5.74) is 1.05. The van der Waals surface area contributed by atoms with E-state index >= 15 is 0 Å². The van der Waals surface area contributed by atoms with E-state index in [0.717, 1.165) is 5.56 Å². The molecule has 0 spiro atoms. The number of hydrogen-bond donors (Lipinski definition) is 1. The summed E-state index contributed by atoms with van der Waals surface area (Å²) in [4.78, 5) is 0. The van der Waals surface area contributed by atoms with Crippen LogP contribution in [0.25, 0.3) is 0 Å². The van der Waals surface area contributed by atoms with E-state index in [0.29, 0.717) is 11.6 Å². The molecule has 0 radical (unpaired) electrons. The molecule has 0 unspecified atom stereocenters. The number of rotatable bonds is 3. The monoisotopic (exact) mass is 257 g/mol. The van der Waals surface area contributed by atoms with E-state index in [-0.39, 0.29) is 11.8 Å². The molecule has 86 valence electrons. The van der Waals surface area contributed by atoms with Crippen molar-refractivity contribution in [3.05, 3.63) is 46.3 Å². The van der Waals surface area contributed by atoms with Gasteiger partial charge in [0.15, 0.2) is 9.84 Å². The van der Waals surface area contributed by atoms with Crippen LogP contribution in [0, 0.1) is 0 Å². The van der Waals surface area contributed by atoms with Gasteiger partial charge in [0.2, 0.25) is 0 Å². The van der Waals surface area contributed by atoms with Crippen LogP contribution < -0.4 is 5.32 Å². The van der Waals surface area contributed by atoms with Gasteiger partial charge in [-0.15, -0.1) is 0 Å². The molecule has 0 saturated carbocycles. The lowest BCUT2D eigenvalue weighted by molar-refractivity contribution is 0.590. The maximum absolute atomic E-state index is 11.2. The van der Waals surface area contributed by atoms with Crippen molar-refractivity contribution in [3.63, 3.8) is 0 Å². The third kappa shape index (κ3) is 3.07. The van der Waals surface area contributed by atoms with Gasteiger partial charge in [-0.05, 0) is 17.7 Å². The standard InChI is InChI=1S/C11H12ClNO2S/c12-10-3-1-2-9(6-10)7-13-11-4-5-16(14,15)8-11/h1-6,11,13H,7-8H2/t11-/m1/s1. The maximum Gasteiger partial charge on any atom is 0.173 e. The highest BCUT2D eigenvalue weighted by atomic mass is 35.5. The van der Waals surface area contributed by atoms with E-state index in [1.54, 1.807) is 6.08 Å². The second-order valence-electron chi connectivity index (χ2n) is 3.78. The van der Waals surface area contributed by atoms with E-state index in [1.807, 2.05) is 24.3 Å². The van der Waals surface area contributed by atoms with Gasteiger partial charge < -0.3 is 5.32 Å². The SMILES string of the molecule is O=S1(=O)C=C[C@@H](NCc2cccc(Cl)c2)C1. The predicted octanol–water partition coefficient (Wildman–Crippen LogP) is 1.74. The second kappa shape index (κ2) is 4.57. The summed E-state index contributed by atoms with van der Waals surface area (Å²) in [5.74, 6) is 0.146. The molecule has 0 amide bonds. The van der Waals surface area contributed by atoms with Crippen molar-refractivity contribution in [1.82, 2.24) is 5.32 Å². The van der Waals surface area contributed by atoms with Crippen molar-refractivity contribution in [1.29, 1.82) is 0 Å². The highest BCUT2D eigenvalue weighted by Crippen LogP contribution is 2.12. The van der Waals surface area contributed by atoms with Gasteiger partial charge in [-0.25, -0.2) is 8.42 Å². The minimum absolute atomic E-state index is 0.0935. The Bertz CT molecular complexity index is 510. The van der Waals surface area contributed by atoms with Gasteiger partial charge in [-0.3, -0.25) is 0 Å². The summed E-state index contributed by atoms with van der Waals surface area (Å²) in [5, 5.41) is 5.11. The lowest BCUT2D eigenvalue weighted by Crippen LogP contribution is -2.29. The molecule has 2 rings (SSSR count). The van der Waals surface area contributed by atoms with Crippen molar-refractivity contribution >= 4 is 21.4 Å². The first-order chi connectivity index (χ1) is 7.55. The summed E-state index contributed by atoms with van der Waals surface area (Å²) < 4.78 is 22.3. The Kier molecular flexibility index (Phi) is 3.33. The average Bonchev–Trinajstić information content (AvgIpc) is 2.56. The molecular formula is C11H12ClNO2S. The first kappa shape index (κ1) is 11.6. The quantitative estimate of drug-likeness (QED) is 0.897. The molecule has 1 heterocycles. The Balaban J connectivity index is 1.92. The number of halogens is 1. The lowest BCUT2D eigenvalue weighted by Gasteiger charge is -2.09. The van der Waals surface area contributed by atoms with Gasteiger partial charge in [0.25, 0.3) is 0 Å². The van der Waals surface area contributed by atoms with E-state index in [4.69, 9.17) is 11.6 Å². The van der Waals surface area contributed by atoms with Crippen molar-refractivity contribution in [3.8, 4) is 0 Å². The largest absolute Gasteiger partial charge is 0.305 e.